The summed E-state index contributed by atoms with van der Waals surface area (Å²) in [6.45, 7) is 2.81. The van der Waals surface area contributed by atoms with E-state index in [2.05, 4.69) is 31.3 Å². The highest BCUT2D eigenvalue weighted by molar-refractivity contribution is 5.98. The summed E-state index contributed by atoms with van der Waals surface area (Å²) in [5, 5.41) is 9.45. The van der Waals surface area contributed by atoms with E-state index in [4.69, 9.17) is 4.74 Å². The fraction of sp³-hybridized carbons (Fsp3) is 0.565. The van der Waals surface area contributed by atoms with Crippen LogP contribution in [0.4, 0.5) is 10.1 Å². The fourth-order valence-electron chi connectivity index (χ4n) is 5.29. The van der Waals surface area contributed by atoms with Crippen molar-refractivity contribution in [2.24, 2.45) is 0 Å². The molecule has 3 aromatic heterocycles. The molecule has 0 radical (unpaired) electrons. The van der Waals surface area contributed by atoms with Gasteiger partial charge in [0.2, 0.25) is 0 Å². The van der Waals surface area contributed by atoms with E-state index in [1.165, 1.54) is 25.7 Å². The van der Waals surface area contributed by atoms with Crippen LogP contribution in [0.3, 0.4) is 0 Å². The Balaban J connectivity index is 1.27. The second-order valence-corrected chi connectivity index (χ2v) is 9.18. The third-order valence-electron chi connectivity index (χ3n) is 7.22. The molecule has 7 nitrogen and oxygen atoms in total. The van der Waals surface area contributed by atoms with Crippen molar-refractivity contribution in [3.05, 3.63) is 30.9 Å². The van der Waals surface area contributed by atoms with Crippen LogP contribution in [0.5, 0.6) is 0 Å². The molecule has 3 fully saturated rings. The lowest BCUT2D eigenvalue weighted by Crippen LogP contribution is -2.55. The number of hydrogen-bond acceptors (Lipinski definition) is 5. The van der Waals surface area contributed by atoms with Gasteiger partial charge in [-0.2, -0.15) is 5.10 Å². The Kier molecular flexibility index (Phi) is 4.91. The molecule has 0 spiro atoms. The monoisotopic (exact) mass is 424 g/mol. The molecule has 31 heavy (non-hydrogen) atoms. The van der Waals surface area contributed by atoms with E-state index in [9.17, 15) is 0 Å². The number of nitrogens with zero attached hydrogens (tertiary/aromatic N) is 4. The summed E-state index contributed by atoms with van der Waals surface area (Å²) in [6.07, 6.45) is 12.5. The average Bonchev–Trinajstić information content (AvgIpc) is 3.49. The number of ether oxygens (including phenoxy) is 1. The topological polar surface area (TPSA) is 71.0 Å². The molecule has 2 saturated heterocycles. The molecular formula is C23H29FN6O. The van der Waals surface area contributed by atoms with Gasteiger partial charge in [-0.3, -0.25) is 9.58 Å². The summed E-state index contributed by atoms with van der Waals surface area (Å²) in [4.78, 5) is 10.0. The summed E-state index contributed by atoms with van der Waals surface area (Å²) >= 11 is 0. The van der Waals surface area contributed by atoms with E-state index >= 15 is 4.39 Å². The van der Waals surface area contributed by atoms with Crippen molar-refractivity contribution >= 4 is 16.7 Å². The van der Waals surface area contributed by atoms with Gasteiger partial charge in [0.1, 0.15) is 11.8 Å². The number of nitrogens with one attached hydrogen (secondary N) is 2. The first-order valence-corrected chi connectivity index (χ1v) is 11.5. The van der Waals surface area contributed by atoms with Gasteiger partial charge >= 0.3 is 0 Å². The number of rotatable bonds is 5. The van der Waals surface area contributed by atoms with Crippen LogP contribution in [0.25, 0.3) is 22.2 Å². The van der Waals surface area contributed by atoms with E-state index in [1.807, 2.05) is 29.5 Å². The van der Waals surface area contributed by atoms with E-state index in [0.717, 1.165) is 54.0 Å². The summed E-state index contributed by atoms with van der Waals surface area (Å²) in [5.41, 5.74) is 4.00. The van der Waals surface area contributed by atoms with Gasteiger partial charge in [0, 0.05) is 54.2 Å². The molecule has 0 bridgehead atoms. The third kappa shape index (κ3) is 3.51. The normalized spacial score (nSPS) is 25.8. The van der Waals surface area contributed by atoms with Gasteiger partial charge in [-0.15, -0.1) is 0 Å². The minimum atomic E-state index is -0.927. The third-order valence-corrected chi connectivity index (χ3v) is 7.22. The van der Waals surface area contributed by atoms with Crippen molar-refractivity contribution in [2.75, 3.05) is 31.6 Å². The number of hydrogen-bond donors (Lipinski definition) is 2. The second-order valence-electron chi connectivity index (χ2n) is 9.18. The standard InChI is InChI=1S/C23H29FN6O/c24-20-12-29(17-13-31-14-17)8-6-21(20)30-11-15(9-27-30)19-10-26-23-18(5-7-25-23)22(19)28-16-3-1-2-4-16/h5,7,9-11,16-17,20-21H,1-4,6,8,12-14H2,(H2,25,26,28)/t20-,21-/m0/s1. The lowest BCUT2D eigenvalue weighted by atomic mass is 10.0. The highest BCUT2D eigenvalue weighted by Crippen LogP contribution is 2.36. The van der Waals surface area contributed by atoms with E-state index < -0.39 is 6.17 Å². The fourth-order valence-corrected chi connectivity index (χ4v) is 5.29. The number of fused-ring (bicyclic) bond motifs is 1. The summed E-state index contributed by atoms with van der Waals surface area (Å²) in [5.74, 6) is 0. The van der Waals surface area contributed by atoms with Crippen LogP contribution in [0.1, 0.15) is 38.1 Å². The summed E-state index contributed by atoms with van der Waals surface area (Å²) in [7, 11) is 0. The van der Waals surface area contributed by atoms with Crippen molar-refractivity contribution in [3.8, 4) is 11.1 Å². The van der Waals surface area contributed by atoms with Crippen LogP contribution in [0.2, 0.25) is 0 Å². The Morgan fingerprint density at radius 2 is 2.03 bits per heavy atom. The van der Waals surface area contributed by atoms with Crippen LogP contribution in [0.15, 0.2) is 30.9 Å². The predicted molar refractivity (Wildman–Crippen MR) is 118 cm³/mol. The molecule has 1 saturated carbocycles. The van der Waals surface area contributed by atoms with Gasteiger partial charge in [0.05, 0.1) is 37.2 Å². The second kappa shape index (κ2) is 7.91. The minimum Gasteiger partial charge on any atom is -0.381 e. The Morgan fingerprint density at radius 1 is 1.16 bits per heavy atom. The Bertz CT molecular complexity index is 1050. The Labute approximate surface area is 181 Å². The van der Waals surface area contributed by atoms with Crippen molar-refractivity contribution in [3.63, 3.8) is 0 Å². The largest absolute Gasteiger partial charge is 0.381 e. The zero-order valence-electron chi connectivity index (χ0n) is 17.6. The number of aromatic nitrogens is 4. The maximum atomic E-state index is 15.1. The van der Waals surface area contributed by atoms with E-state index in [-0.39, 0.29) is 6.04 Å². The number of aromatic amines is 1. The molecule has 0 amide bonds. The van der Waals surface area contributed by atoms with Crippen LogP contribution >= 0.6 is 0 Å². The van der Waals surface area contributed by atoms with Gasteiger partial charge in [-0.05, 0) is 25.3 Å². The molecule has 3 aromatic rings. The van der Waals surface area contributed by atoms with Crippen LogP contribution in [-0.2, 0) is 4.74 Å². The highest BCUT2D eigenvalue weighted by Gasteiger charge is 2.36. The molecular weight excluding hydrogens is 395 g/mol. The van der Waals surface area contributed by atoms with Crippen molar-refractivity contribution < 1.29 is 9.13 Å². The number of H-pyrrole nitrogens is 1. The maximum absolute atomic E-state index is 15.1. The zero-order valence-corrected chi connectivity index (χ0v) is 17.6. The lowest BCUT2D eigenvalue weighted by Gasteiger charge is -2.42. The number of alkyl halides is 1. The number of piperidine rings is 1. The molecule has 2 aliphatic heterocycles. The molecule has 5 heterocycles. The predicted octanol–water partition coefficient (Wildman–Crippen LogP) is 3.76. The van der Waals surface area contributed by atoms with E-state index in [0.29, 0.717) is 18.6 Å². The maximum Gasteiger partial charge on any atom is 0.139 e. The van der Waals surface area contributed by atoms with Gasteiger partial charge in [-0.25, -0.2) is 9.37 Å². The molecule has 8 heteroatoms. The zero-order chi connectivity index (χ0) is 20.8. The van der Waals surface area contributed by atoms with Gasteiger partial charge in [0.15, 0.2) is 0 Å². The van der Waals surface area contributed by atoms with E-state index in [1.54, 1.807) is 0 Å². The summed E-state index contributed by atoms with van der Waals surface area (Å²) < 4.78 is 22.2. The first-order chi connectivity index (χ1) is 15.3. The quantitative estimate of drug-likeness (QED) is 0.653. The minimum absolute atomic E-state index is 0.221. The van der Waals surface area contributed by atoms with Crippen LogP contribution in [0, 0.1) is 0 Å². The van der Waals surface area contributed by atoms with Gasteiger partial charge in [-0.1, -0.05) is 12.8 Å². The lowest BCUT2D eigenvalue weighted by molar-refractivity contribution is -0.0847. The molecule has 6 rings (SSSR count). The molecule has 1 aliphatic carbocycles. The number of anilines is 1. The molecule has 0 aromatic carbocycles. The highest BCUT2D eigenvalue weighted by atomic mass is 19.1. The van der Waals surface area contributed by atoms with Gasteiger partial charge in [0.25, 0.3) is 0 Å². The molecule has 2 N–H and O–H groups in total. The number of halogens is 1. The SMILES string of the molecule is F[C@H]1CN(C2COC2)CC[C@@H]1n1cc(-c2cnc3[nH]ccc3c2NC2CCCC2)cn1. The Morgan fingerprint density at radius 3 is 2.81 bits per heavy atom. The van der Waals surface area contributed by atoms with Crippen LogP contribution in [-0.4, -0.2) is 69.2 Å². The number of likely N-dealkylation sites (tertiary alicyclic amines) is 1. The molecule has 3 aliphatic rings. The van der Waals surface area contributed by atoms with Crippen molar-refractivity contribution in [2.45, 2.75) is 56.4 Å². The van der Waals surface area contributed by atoms with Crippen molar-refractivity contribution in [1.29, 1.82) is 0 Å². The van der Waals surface area contributed by atoms with Gasteiger partial charge < -0.3 is 15.0 Å². The Hall–Kier alpha value is -2.45. The number of pyridine rings is 1. The smallest absolute Gasteiger partial charge is 0.139 e. The van der Waals surface area contributed by atoms with Crippen molar-refractivity contribution in [1.82, 2.24) is 24.6 Å². The van der Waals surface area contributed by atoms with Crippen LogP contribution < -0.4 is 5.32 Å². The molecule has 0 unspecified atom stereocenters. The first-order valence-electron chi connectivity index (χ1n) is 11.5. The molecule has 164 valence electrons. The summed E-state index contributed by atoms with van der Waals surface area (Å²) in [6, 6.07) is 2.73. The first kappa shape index (κ1) is 19.3. The molecule has 2 atom stereocenters. The average molecular weight is 425 g/mol.